The molecule has 2 fully saturated rings. The molecule has 0 aromatic rings. The summed E-state index contributed by atoms with van der Waals surface area (Å²) in [5, 5.41) is 8.79. The Bertz CT molecular complexity index is 146. The fourth-order valence-corrected chi connectivity index (χ4v) is 2.01. The third kappa shape index (κ3) is 0.789. The monoisotopic (exact) mass is 142 g/mol. The summed E-state index contributed by atoms with van der Waals surface area (Å²) >= 11 is 0. The van der Waals surface area contributed by atoms with Crippen LogP contribution < -0.4 is 0 Å². The van der Waals surface area contributed by atoms with E-state index in [0.29, 0.717) is 5.41 Å². The Labute approximate surface area is 61.2 Å². The lowest BCUT2D eigenvalue weighted by Crippen LogP contribution is -2.10. The van der Waals surface area contributed by atoms with Crippen molar-refractivity contribution < 1.29 is 9.84 Å². The van der Waals surface area contributed by atoms with Gasteiger partial charge in [-0.05, 0) is 24.2 Å². The zero-order chi connectivity index (χ0) is 7.19. The third-order valence-electron chi connectivity index (χ3n) is 3.04. The van der Waals surface area contributed by atoms with Crippen molar-refractivity contribution in [3.8, 4) is 0 Å². The summed E-state index contributed by atoms with van der Waals surface area (Å²) < 4.78 is 5.40. The van der Waals surface area contributed by atoms with E-state index in [1.165, 1.54) is 6.42 Å². The Morgan fingerprint density at radius 2 is 2.30 bits per heavy atom. The van der Waals surface area contributed by atoms with E-state index in [0.717, 1.165) is 18.9 Å². The van der Waals surface area contributed by atoms with Crippen molar-refractivity contribution >= 4 is 0 Å². The maximum atomic E-state index is 8.79. The van der Waals surface area contributed by atoms with Crippen LogP contribution in [0.4, 0.5) is 0 Å². The zero-order valence-electron chi connectivity index (χ0n) is 6.34. The van der Waals surface area contributed by atoms with Gasteiger partial charge in [0.15, 0.2) is 0 Å². The summed E-state index contributed by atoms with van der Waals surface area (Å²) in [6.07, 6.45) is 2.54. The van der Waals surface area contributed by atoms with E-state index >= 15 is 0 Å². The number of aliphatic hydroxyl groups excluding tert-OH is 1. The van der Waals surface area contributed by atoms with Gasteiger partial charge in [0.05, 0.1) is 19.3 Å². The molecular weight excluding hydrogens is 128 g/mol. The number of ether oxygens (including phenoxy) is 1. The van der Waals surface area contributed by atoms with Gasteiger partial charge in [-0.3, -0.25) is 0 Å². The van der Waals surface area contributed by atoms with Crippen molar-refractivity contribution in [2.75, 3.05) is 13.2 Å². The number of aliphatic hydroxyl groups is 1. The van der Waals surface area contributed by atoms with Crippen LogP contribution in [0.1, 0.15) is 19.8 Å². The van der Waals surface area contributed by atoms with E-state index in [9.17, 15) is 0 Å². The van der Waals surface area contributed by atoms with Crippen LogP contribution in [0.15, 0.2) is 0 Å². The van der Waals surface area contributed by atoms with Crippen molar-refractivity contribution in [1.29, 1.82) is 0 Å². The number of hydrogen-bond donors (Lipinski definition) is 1. The van der Waals surface area contributed by atoms with E-state index in [1.54, 1.807) is 0 Å². The standard InChI is InChI=1S/C8H14O2/c1-6-2-8(6)3-7(4-9)10-5-8/h6-7,9H,2-5H2,1H3/t6-,7-,8+/m1/s1. The largest absolute Gasteiger partial charge is 0.394 e. The number of hydrogen-bond acceptors (Lipinski definition) is 2. The maximum absolute atomic E-state index is 8.79. The molecule has 0 radical (unpaired) electrons. The molecule has 1 spiro atoms. The first-order valence-electron chi connectivity index (χ1n) is 3.99. The summed E-state index contributed by atoms with van der Waals surface area (Å²) in [6.45, 7) is 3.36. The van der Waals surface area contributed by atoms with Crippen LogP contribution in [0.25, 0.3) is 0 Å². The topological polar surface area (TPSA) is 29.5 Å². The minimum atomic E-state index is 0.143. The average Bonchev–Trinajstić information content (AvgIpc) is 2.43. The van der Waals surface area contributed by atoms with Crippen molar-refractivity contribution in [2.24, 2.45) is 11.3 Å². The highest BCUT2D eigenvalue weighted by molar-refractivity contribution is 5.04. The zero-order valence-corrected chi connectivity index (χ0v) is 6.34. The first kappa shape index (κ1) is 6.62. The van der Waals surface area contributed by atoms with Crippen LogP contribution in [0, 0.1) is 11.3 Å². The molecule has 2 rings (SSSR count). The van der Waals surface area contributed by atoms with Gasteiger partial charge in [0.2, 0.25) is 0 Å². The van der Waals surface area contributed by atoms with Crippen molar-refractivity contribution in [3.05, 3.63) is 0 Å². The van der Waals surface area contributed by atoms with Crippen LogP contribution >= 0.6 is 0 Å². The molecule has 0 aromatic heterocycles. The van der Waals surface area contributed by atoms with Crippen molar-refractivity contribution in [2.45, 2.75) is 25.9 Å². The highest BCUT2D eigenvalue weighted by Gasteiger charge is 2.55. The molecule has 1 saturated heterocycles. The Morgan fingerprint density at radius 3 is 2.60 bits per heavy atom. The molecule has 0 bridgehead atoms. The van der Waals surface area contributed by atoms with Crippen molar-refractivity contribution in [3.63, 3.8) is 0 Å². The molecule has 2 nitrogen and oxygen atoms in total. The van der Waals surface area contributed by atoms with E-state index in [2.05, 4.69) is 6.92 Å². The highest BCUT2D eigenvalue weighted by Crippen LogP contribution is 2.58. The van der Waals surface area contributed by atoms with Crippen molar-refractivity contribution in [1.82, 2.24) is 0 Å². The Balaban J connectivity index is 1.95. The van der Waals surface area contributed by atoms with Gasteiger partial charge in [-0.15, -0.1) is 0 Å². The van der Waals surface area contributed by atoms with Gasteiger partial charge < -0.3 is 9.84 Å². The van der Waals surface area contributed by atoms with E-state index in [1.807, 2.05) is 0 Å². The molecule has 0 unspecified atom stereocenters. The molecule has 1 heterocycles. The predicted molar refractivity (Wildman–Crippen MR) is 37.7 cm³/mol. The second kappa shape index (κ2) is 1.95. The first-order valence-corrected chi connectivity index (χ1v) is 3.99. The van der Waals surface area contributed by atoms with Gasteiger partial charge in [0, 0.05) is 0 Å². The molecule has 3 atom stereocenters. The normalized spacial score (nSPS) is 52.2. The molecule has 2 heteroatoms. The second-order valence-electron chi connectivity index (χ2n) is 3.79. The van der Waals surface area contributed by atoms with E-state index in [4.69, 9.17) is 9.84 Å². The van der Waals surface area contributed by atoms with Gasteiger partial charge in [0.25, 0.3) is 0 Å². The lowest BCUT2D eigenvalue weighted by Gasteiger charge is -2.02. The molecule has 0 amide bonds. The molecule has 1 aliphatic heterocycles. The molecule has 1 N–H and O–H groups in total. The average molecular weight is 142 g/mol. The molecule has 1 aliphatic carbocycles. The molecule has 10 heavy (non-hydrogen) atoms. The number of rotatable bonds is 1. The molecule has 58 valence electrons. The smallest absolute Gasteiger partial charge is 0.0812 e. The summed E-state index contributed by atoms with van der Waals surface area (Å²) in [4.78, 5) is 0. The van der Waals surface area contributed by atoms with E-state index in [-0.39, 0.29) is 12.7 Å². The lowest BCUT2D eigenvalue weighted by atomic mass is 10.0. The predicted octanol–water partition coefficient (Wildman–Crippen LogP) is 0.794. The third-order valence-corrected chi connectivity index (χ3v) is 3.04. The van der Waals surface area contributed by atoms with Gasteiger partial charge in [-0.1, -0.05) is 6.92 Å². The Hall–Kier alpha value is -0.0800. The SMILES string of the molecule is C[C@@H]1C[C@]12CO[C@@H](CO)C2. The summed E-state index contributed by atoms with van der Waals surface area (Å²) in [5.74, 6) is 0.837. The van der Waals surface area contributed by atoms with Crippen LogP contribution in [-0.2, 0) is 4.74 Å². The Morgan fingerprint density at radius 1 is 1.60 bits per heavy atom. The Kier molecular flexibility index (Phi) is 1.29. The molecule has 0 aromatic carbocycles. The van der Waals surface area contributed by atoms with Gasteiger partial charge in [-0.25, -0.2) is 0 Å². The van der Waals surface area contributed by atoms with Gasteiger partial charge in [-0.2, -0.15) is 0 Å². The minimum Gasteiger partial charge on any atom is -0.394 e. The van der Waals surface area contributed by atoms with E-state index < -0.39 is 0 Å². The van der Waals surface area contributed by atoms with Gasteiger partial charge >= 0.3 is 0 Å². The van der Waals surface area contributed by atoms with Crippen LogP contribution in [0.3, 0.4) is 0 Å². The summed E-state index contributed by atoms with van der Waals surface area (Å²) in [7, 11) is 0. The molecule has 2 aliphatic rings. The molecule has 1 saturated carbocycles. The minimum absolute atomic E-state index is 0.143. The lowest BCUT2D eigenvalue weighted by molar-refractivity contribution is 0.0563. The fraction of sp³-hybridized carbons (Fsp3) is 1.00. The quantitative estimate of drug-likeness (QED) is 0.586. The second-order valence-corrected chi connectivity index (χ2v) is 3.79. The van der Waals surface area contributed by atoms with Gasteiger partial charge in [0.1, 0.15) is 0 Å². The summed E-state index contributed by atoms with van der Waals surface area (Å²) in [5.41, 5.74) is 0.493. The van der Waals surface area contributed by atoms with Crippen LogP contribution in [0.2, 0.25) is 0 Å². The van der Waals surface area contributed by atoms with Crippen LogP contribution in [-0.4, -0.2) is 24.4 Å². The fourth-order valence-electron chi connectivity index (χ4n) is 2.01. The molecular formula is C8H14O2. The maximum Gasteiger partial charge on any atom is 0.0812 e. The summed E-state index contributed by atoms with van der Waals surface area (Å²) in [6, 6.07) is 0. The first-order chi connectivity index (χ1) is 4.77. The highest BCUT2D eigenvalue weighted by atomic mass is 16.5. The van der Waals surface area contributed by atoms with Crippen LogP contribution in [0.5, 0.6) is 0 Å².